The number of ether oxygens (including phenoxy) is 1. The average molecular weight is 273 g/mol. The highest BCUT2D eigenvalue weighted by Gasteiger charge is 2.02. The number of hydrogen-bond donors (Lipinski definition) is 0. The summed E-state index contributed by atoms with van der Waals surface area (Å²) in [6.07, 6.45) is 0. The molecule has 84 valence electrons. The molecule has 1 rings (SSSR count). The molecule has 0 spiro atoms. The first kappa shape index (κ1) is 16.3. The van der Waals surface area contributed by atoms with Gasteiger partial charge in [-0.1, -0.05) is 29.8 Å². The Morgan fingerprint density at radius 3 is 1.93 bits per heavy atom. The van der Waals surface area contributed by atoms with Crippen LogP contribution in [0.4, 0.5) is 0 Å². The van der Waals surface area contributed by atoms with Crippen LogP contribution in [0.3, 0.4) is 0 Å². The Balaban J connectivity index is 0. The van der Waals surface area contributed by atoms with Crippen molar-refractivity contribution < 1.29 is 9.53 Å². The molecule has 0 heterocycles. The normalized spacial score (nSPS) is 7.47. The Hall–Kier alpha value is -1.09. The summed E-state index contributed by atoms with van der Waals surface area (Å²) in [6.45, 7) is 10.0. The van der Waals surface area contributed by atoms with Crippen LogP contribution in [-0.4, -0.2) is 13.1 Å². The molecule has 1 aromatic rings. The lowest BCUT2D eigenvalue weighted by atomic mass is 10.2. The van der Waals surface area contributed by atoms with E-state index in [4.69, 9.17) is 0 Å². The van der Waals surface area contributed by atoms with Gasteiger partial charge in [0.2, 0.25) is 0 Å². The summed E-state index contributed by atoms with van der Waals surface area (Å²) in [6, 6.07) is 7.00. The lowest BCUT2D eigenvalue weighted by molar-refractivity contribution is 0.0600. The lowest BCUT2D eigenvalue weighted by Crippen LogP contribution is -1.99. The summed E-state index contributed by atoms with van der Waals surface area (Å²) in [4.78, 5) is 10.9. The van der Waals surface area contributed by atoms with Gasteiger partial charge < -0.3 is 4.74 Å². The maximum absolute atomic E-state index is 10.9. The van der Waals surface area contributed by atoms with Crippen LogP contribution in [0.2, 0.25) is 0 Å². The van der Waals surface area contributed by atoms with Crippen molar-refractivity contribution in [2.24, 2.45) is 0 Å². The van der Waals surface area contributed by atoms with Crippen LogP contribution >= 0.6 is 15.9 Å². The number of hydrogen-bond acceptors (Lipinski definition) is 2. The van der Waals surface area contributed by atoms with Gasteiger partial charge in [-0.15, -0.1) is 13.2 Å². The molecule has 15 heavy (non-hydrogen) atoms. The summed E-state index contributed by atoms with van der Waals surface area (Å²) < 4.78 is 5.47. The van der Waals surface area contributed by atoms with Gasteiger partial charge in [-0.05, 0) is 24.3 Å². The van der Waals surface area contributed by atoms with Crippen LogP contribution in [0.15, 0.2) is 41.9 Å². The quantitative estimate of drug-likeness (QED) is 0.569. The number of rotatable bonds is 1. The van der Waals surface area contributed by atoms with Gasteiger partial charge in [-0.3, -0.25) is 0 Å². The van der Waals surface area contributed by atoms with Crippen molar-refractivity contribution in [2.75, 3.05) is 7.11 Å². The largest absolute Gasteiger partial charge is 0.465 e. The zero-order valence-electron chi connectivity index (χ0n) is 9.42. The van der Waals surface area contributed by atoms with Crippen molar-refractivity contribution in [1.82, 2.24) is 0 Å². The second-order valence-electron chi connectivity index (χ2n) is 2.00. The molecule has 2 nitrogen and oxygen atoms in total. The van der Waals surface area contributed by atoms with Gasteiger partial charge in [0, 0.05) is 4.47 Å². The molecule has 0 aliphatic heterocycles. The third-order valence-electron chi connectivity index (χ3n) is 1.27. The summed E-state index contributed by atoms with van der Waals surface area (Å²) in [5, 5.41) is 0. The fraction of sp³-hybridized carbons (Fsp3) is 0.250. The second kappa shape index (κ2) is 11.0. The first-order chi connectivity index (χ1) is 7.24. The maximum Gasteiger partial charge on any atom is 0.337 e. The van der Waals surface area contributed by atoms with Crippen molar-refractivity contribution >= 4 is 21.9 Å². The highest BCUT2D eigenvalue weighted by atomic mass is 79.9. The first-order valence-electron chi connectivity index (χ1n) is 4.58. The molecule has 0 unspecified atom stereocenters. The molecule has 0 N–H and O–H groups in total. The molecular formula is C12H17BrO2. The number of benzene rings is 1. The molecule has 0 saturated heterocycles. The minimum Gasteiger partial charge on any atom is -0.465 e. The molecule has 0 aliphatic rings. The van der Waals surface area contributed by atoms with Gasteiger partial charge in [0.15, 0.2) is 0 Å². The van der Waals surface area contributed by atoms with Crippen molar-refractivity contribution in [3.8, 4) is 0 Å². The molecule has 0 aromatic heterocycles. The van der Waals surface area contributed by atoms with E-state index in [2.05, 4.69) is 33.8 Å². The molecule has 0 aliphatic carbocycles. The fourth-order valence-corrected chi connectivity index (χ4v) is 0.968. The van der Waals surface area contributed by atoms with Crippen LogP contribution in [0.5, 0.6) is 0 Å². The highest BCUT2D eigenvalue weighted by molar-refractivity contribution is 9.10. The predicted octanol–water partition coefficient (Wildman–Crippen LogP) is 4.06. The van der Waals surface area contributed by atoms with Gasteiger partial charge in [0.25, 0.3) is 0 Å². The zero-order valence-corrected chi connectivity index (χ0v) is 11.0. The van der Waals surface area contributed by atoms with E-state index in [1.807, 2.05) is 13.8 Å². The first-order valence-corrected chi connectivity index (χ1v) is 5.37. The number of esters is 1. The van der Waals surface area contributed by atoms with Crippen molar-refractivity contribution in [1.29, 1.82) is 0 Å². The SMILES string of the molecule is C=C.CC.COC(=O)c1ccc(Br)cc1. The van der Waals surface area contributed by atoms with Crippen molar-refractivity contribution in [3.05, 3.63) is 47.5 Å². The van der Waals surface area contributed by atoms with Gasteiger partial charge in [0.1, 0.15) is 0 Å². The van der Waals surface area contributed by atoms with Crippen LogP contribution in [0, 0.1) is 0 Å². The van der Waals surface area contributed by atoms with Gasteiger partial charge in [-0.2, -0.15) is 0 Å². The van der Waals surface area contributed by atoms with Crippen LogP contribution in [0.1, 0.15) is 24.2 Å². The predicted molar refractivity (Wildman–Crippen MR) is 68.1 cm³/mol. The molecular weight excluding hydrogens is 256 g/mol. The molecule has 0 saturated carbocycles. The third-order valence-corrected chi connectivity index (χ3v) is 1.79. The minimum absolute atomic E-state index is 0.308. The van der Waals surface area contributed by atoms with Crippen LogP contribution in [-0.2, 0) is 4.74 Å². The third kappa shape index (κ3) is 6.91. The fourth-order valence-electron chi connectivity index (χ4n) is 0.704. The Labute approximate surface area is 100 Å². The summed E-state index contributed by atoms with van der Waals surface area (Å²) in [5.74, 6) is -0.308. The molecule has 0 atom stereocenters. The van der Waals surface area contributed by atoms with E-state index in [1.54, 1.807) is 24.3 Å². The molecule has 3 heteroatoms. The van der Waals surface area contributed by atoms with E-state index >= 15 is 0 Å². The smallest absolute Gasteiger partial charge is 0.337 e. The lowest BCUT2D eigenvalue weighted by Gasteiger charge is -1.97. The van der Waals surface area contributed by atoms with Crippen molar-refractivity contribution in [3.63, 3.8) is 0 Å². The molecule has 0 fully saturated rings. The number of carbonyl (C=O) groups excluding carboxylic acids is 1. The van der Waals surface area contributed by atoms with Crippen LogP contribution < -0.4 is 0 Å². The van der Waals surface area contributed by atoms with E-state index in [-0.39, 0.29) is 5.97 Å². The summed E-state index contributed by atoms with van der Waals surface area (Å²) >= 11 is 3.26. The minimum atomic E-state index is -0.308. The van der Waals surface area contributed by atoms with Crippen LogP contribution in [0.25, 0.3) is 0 Å². The Morgan fingerprint density at radius 1 is 1.20 bits per heavy atom. The van der Waals surface area contributed by atoms with Gasteiger partial charge in [0.05, 0.1) is 12.7 Å². The standard InChI is InChI=1S/C8H7BrO2.C2H6.C2H4/c1-11-8(10)6-2-4-7(9)5-3-6;2*1-2/h2-5H,1H3;1-2H3;1-2H2. The second-order valence-corrected chi connectivity index (χ2v) is 2.91. The molecule has 1 aromatic carbocycles. The van der Waals surface area contributed by atoms with Gasteiger partial charge in [-0.25, -0.2) is 4.79 Å². The molecule has 0 bridgehead atoms. The van der Waals surface area contributed by atoms with E-state index in [9.17, 15) is 4.79 Å². The molecule has 0 amide bonds. The number of halogens is 1. The van der Waals surface area contributed by atoms with E-state index in [1.165, 1.54) is 7.11 Å². The summed E-state index contributed by atoms with van der Waals surface area (Å²) in [5.41, 5.74) is 0.565. The van der Waals surface area contributed by atoms with Gasteiger partial charge >= 0.3 is 5.97 Å². The maximum atomic E-state index is 10.9. The number of methoxy groups -OCH3 is 1. The average Bonchev–Trinajstić information content (AvgIpc) is 2.34. The summed E-state index contributed by atoms with van der Waals surface area (Å²) in [7, 11) is 1.37. The Kier molecular flexibility index (Phi) is 12.0. The molecule has 0 radical (unpaired) electrons. The van der Waals surface area contributed by atoms with E-state index in [0.29, 0.717) is 5.56 Å². The Morgan fingerprint density at radius 2 is 1.60 bits per heavy atom. The Bertz CT molecular complexity index is 267. The highest BCUT2D eigenvalue weighted by Crippen LogP contribution is 2.10. The van der Waals surface area contributed by atoms with E-state index < -0.39 is 0 Å². The monoisotopic (exact) mass is 272 g/mol. The number of carbonyl (C=O) groups is 1. The topological polar surface area (TPSA) is 26.3 Å². The van der Waals surface area contributed by atoms with Crippen molar-refractivity contribution in [2.45, 2.75) is 13.8 Å². The zero-order chi connectivity index (χ0) is 12.3. The van der Waals surface area contributed by atoms with E-state index in [0.717, 1.165) is 4.47 Å².